The molecule has 0 aliphatic carbocycles. The maximum atomic E-state index is 12.4. The number of amides is 2. The molecule has 0 unspecified atom stereocenters. The number of ketones is 1. The van der Waals surface area contributed by atoms with Crippen LogP contribution < -0.4 is 5.32 Å². The van der Waals surface area contributed by atoms with Gasteiger partial charge in [0.1, 0.15) is 11.8 Å². The van der Waals surface area contributed by atoms with E-state index in [2.05, 4.69) is 5.32 Å². The highest BCUT2D eigenvalue weighted by Gasteiger charge is 2.53. The first kappa shape index (κ1) is 19.2. The maximum absolute atomic E-state index is 12.4. The minimum absolute atomic E-state index is 0.0748. The standard InChI is InChI=1S/C18H20N2O6S/c1-10(21)19-12-7-11(3-4-14(12)22)15(23)8-26-17(25)13-9-27-18(2)6-5-16(24)20(13)18/h3-4,7,13,22H,5-6,8-9H2,1-2H3,(H,19,21)/t13-,18-/m0/s1. The third-order valence-corrected chi connectivity index (χ3v) is 6.20. The number of nitrogens with one attached hydrogen (secondary N) is 1. The first-order valence-corrected chi connectivity index (χ1v) is 9.46. The summed E-state index contributed by atoms with van der Waals surface area (Å²) in [5.74, 6) is -1.27. The van der Waals surface area contributed by atoms with Gasteiger partial charge in [-0.05, 0) is 31.5 Å². The number of hydrogen-bond donors (Lipinski definition) is 2. The van der Waals surface area contributed by atoms with Crippen molar-refractivity contribution in [2.24, 2.45) is 0 Å². The van der Waals surface area contributed by atoms with E-state index in [9.17, 15) is 24.3 Å². The van der Waals surface area contributed by atoms with E-state index in [4.69, 9.17) is 4.74 Å². The summed E-state index contributed by atoms with van der Waals surface area (Å²) in [7, 11) is 0. The number of phenolic OH excluding ortho intramolecular Hbond substituents is 1. The summed E-state index contributed by atoms with van der Waals surface area (Å²) in [6.07, 6.45) is 1.10. The van der Waals surface area contributed by atoms with Gasteiger partial charge in [0.25, 0.3) is 0 Å². The lowest BCUT2D eigenvalue weighted by atomic mass is 10.1. The van der Waals surface area contributed by atoms with Gasteiger partial charge in [-0.2, -0.15) is 0 Å². The Hall–Kier alpha value is -2.55. The molecule has 0 saturated carbocycles. The third kappa shape index (κ3) is 3.78. The van der Waals surface area contributed by atoms with Crippen LogP contribution in [-0.2, 0) is 19.1 Å². The van der Waals surface area contributed by atoms with E-state index < -0.39 is 30.3 Å². The van der Waals surface area contributed by atoms with Crippen molar-refractivity contribution in [1.29, 1.82) is 0 Å². The molecule has 0 bridgehead atoms. The van der Waals surface area contributed by atoms with E-state index in [1.807, 2.05) is 6.92 Å². The number of hydrogen-bond acceptors (Lipinski definition) is 7. The molecule has 144 valence electrons. The Labute approximate surface area is 160 Å². The average molecular weight is 392 g/mol. The zero-order valence-corrected chi connectivity index (χ0v) is 15.8. The zero-order chi connectivity index (χ0) is 19.8. The molecule has 2 N–H and O–H groups in total. The molecule has 9 heteroatoms. The number of benzene rings is 1. The predicted octanol–water partition coefficient (Wildman–Crippen LogP) is 1.53. The Morgan fingerprint density at radius 2 is 2.15 bits per heavy atom. The summed E-state index contributed by atoms with van der Waals surface area (Å²) >= 11 is 1.55. The van der Waals surface area contributed by atoms with E-state index in [1.54, 1.807) is 16.7 Å². The molecule has 2 atom stereocenters. The summed E-state index contributed by atoms with van der Waals surface area (Å²) in [4.78, 5) is 49.1. The highest BCUT2D eigenvalue weighted by atomic mass is 32.2. The van der Waals surface area contributed by atoms with Crippen molar-refractivity contribution in [2.45, 2.75) is 37.6 Å². The lowest BCUT2D eigenvalue weighted by molar-refractivity contribution is -0.152. The molecule has 2 aliphatic heterocycles. The van der Waals surface area contributed by atoms with Gasteiger partial charge in [-0.3, -0.25) is 14.4 Å². The molecule has 2 aliphatic rings. The van der Waals surface area contributed by atoms with Crippen LogP contribution in [0.25, 0.3) is 0 Å². The summed E-state index contributed by atoms with van der Waals surface area (Å²) in [6.45, 7) is 2.73. The van der Waals surface area contributed by atoms with Crippen molar-refractivity contribution in [1.82, 2.24) is 4.90 Å². The fourth-order valence-electron chi connectivity index (χ4n) is 3.31. The first-order valence-electron chi connectivity index (χ1n) is 8.48. The van der Waals surface area contributed by atoms with Gasteiger partial charge in [0.05, 0.1) is 10.6 Å². The number of carbonyl (C=O) groups excluding carboxylic acids is 4. The Morgan fingerprint density at radius 1 is 1.41 bits per heavy atom. The molecule has 27 heavy (non-hydrogen) atoms. The van der Waals surface area contributed by atoms with Gasteiger partial charge < -0.3 is 20.1 Å². The minimum Gasteiger partial charge on any atom is -0.506 e. The third-order valence-electron chi connectivity index (χ3n) is 4.69. The smallest absolute Gasteiger partial charge is 0.330 e. The van der Waals surface area contributed by atoms with E-state index in [0.717, 1.165) is 0 Å². The normalized spacial score (nSPS) is 23.9. The van der Waals surface area contributed by atoms with E-state index in [1.165, 1.54) is 25.1 Å². The van der Waals surface area contributed by atoms with Crippen LogP contribution in [0, 0.1) is 0 Å². The number of anilines is 1. The van der Waals surface area contributed by atoms with Crippen molar-refractivity contribution in [3.63, 3.8) is 0 Å². The Bertz CT molecular complexity index is 826. The lowest BCUT2D eigenvalue weighted by Crippen LogP contribution is -2.46. The number of carbonyl (C=O) groups is 4. The molecule has 2 amide bonds. The highest BCUT2D eigenvalue weighted by Crippen LogP contribution is 2.47. The number of nitrogens with zero attached hydrogens (tertiary/aromatic N) is 1. The second kappa shape index (κ2) is 7.22. The summed E-state index contributed by atoms with van der Waals surface area (Å²) < 4.78 is 5.15. The Morgan fingerprint density at radius 3 is 2.85 bits per heavy atom. The van der Waals surface area contributed by atoms with Gasteiger partial charge in [0, 0.05) is 24.7 Å². The number of fused-ring (bicyclic) bond motifs is 1. The fraction of sp³-hybridized carbons (Fsp3) is 0.444. The molecular weight excluding hydrogens is 372 g/mol. The van der Waals surface area contributed by atoms with Gasteiger partial charge in [-0.25, -0.2) is 4.79 Å². The number of ether oxygens (including phenoxy) is 1. The molecule has 8 nitrogen and oxygen atoms in total. The highest BCUT2D eigenvalue weighted by molar-refractivity contribution is 8.01. The van der Waals surface area contributed by atoms with Crippen LogP contribution in [0.1, 0.15) is 37.0 Å². The second-order valence-electron chi connectivity index (χ2n) is 6.71. The van der Waals surface area contributed by atoms with Gasteiger partial charge in [0.2, 0.25) is 11.8 Å². The van der Waals surface area contributed by atoms with E-state index in [-0.39, 0.29) is 27.8 Å². The van der Waals surface area contributed by atoms with Gasteiger partial charge in [-0.15, -0.1) is 11.8 Å². The number of rotatable bonds is 5. The van der Waals surface area contributed by atoms with Gasteiger partial charge in [-0.1, -0.05) is 0 Å². The number of Topliss-reactive ketones (excluding diaryl/α,β-unsaturated/α-hetero) is 1. The molecule has 2 heterocycles. The molecule has 3 rings (SSSR count). The average Bonchev–Trinajstić information content (AvgIpc) is 3.10. The van der Waals surface area contributed by atoms with Crippen molar-refractivity contribution < 1.29 is 29.0 Å². The molecule has 0 radical (unpaired) electrons. The van der Waals surface area contributed by atoms with Gasteiger partial charge in [0.15, 0.2) is 12.4 Å². The zero-order valence-electron chi connectivity index (χ0n) is 15.0. The lowest BCUT2D eigenvalue weighted by Gasteiger charge is -2.29. The summed E-state index contributed by atoms with van der Waals surface area (Å²) in [6, 6.07) is 3.29. The van der Waals surface area contributed by atoms with E-state index >= 15 is 0 Å². The van der Waals surface area contributed by atoms with Crippen LogP contribution in [0.4, 0.5) is 5.69 Å². The molecule has 2 fully saturated rings. The van der Waals surface area contributed by atoms with Crippen molar-refractivity contribution in [3.05, 3.63) is 23.8 Å². The molecular formula is C18H20N2O6S. The number of esters is 1. The van der Waals surface area contributed by atoms with Crippen LogP contribution in [0.15, 0.2) is 18.2 Å². The van der Waals surface area contributed by atoms with Crippen LogP contribution in [0.3, 0.4) is 0 Å². The number of phenols is 1. The predicted molar refractivity (Wildman–Crippen MR) is 98.4 cm³/mol. The second-order valence-corrected chi connectivity index (χ2v) is 8.21. The van der Waals surface area contributed by atoms with Crippen molar-refractivity contribution in [3.8, 4) is 5.75 Å². The number of thioether (sulfide) groups is 1. The van der Waals surface area contributed by atoms with Crippen LogP contribution in [0.5, 0.6) is 5.75 Å². The fourth-order valence-corrected chi connectivity index (χ4v) is 4.73. The Kier molecular flexibility index (Phi) is 5.14. The van der Waals surface area contributed by atoms with Crippen molar-refractivity contribution >= 4 is 41.0 Å². The molecule has 1 aromatic rings. The SMILES string of the molecule is CC(=O)Nc1cc(C(=O)COC(=O)[C@@H]2CS[C@@]3(C)CCC(=O)N23)ccc1O. The van der Waals surface area contributed by atoms with Crippen LogP contribution in [-0.4, -0.2) is 56.8 Å². The molecule has 0 spiro atoms. The van der Waals surface area contributed by atoms with E-state index in [0.29, 0.717) is 18.6 Å². The largest absolute Gasteiger partial charge is 0.506 e. The van der Waals surface area contributed by atoms with Gasteiger partial charge >= 0.3 is 5.97 Å². The van der Waals surface area contributed by atoms with Crippen molar-refractivity contribution in [2.75, 3.05) is 17.7 Å². The summed E-state index contributed by atoms with van der Waals surface area (Å²) in [5.41, 5.74) is 0.289. The topological polar surface area (TPSA) is 113 Å². The quantitative estimate of drug-likeness (QED) is 0.444. The first-order chi connectivity index (χ1) is 12.7. The summed E-state index contributed by atoms with van der Waals surface area (Å²) in [5, 5.41) is 12.1. The number of aromatic hydroxyl groups is 1. The van der Waals surface area contributed by atoms with Crippen LogP contribution in [0.2, 0.25) is 0 Å². The maximum Gasteiger partial charge on any atom is 0.330 e. The monoisotopic (exact) mass is 392 g/mol. The molecule has 0 aromatic heterocycles. The minimum atomic E-state index is -0.683. The van der Waals surface area contributed by atoms with Crippen LogP contribution >= 0.6 is 11.8 Å². The molecule has 2 saturated heterocycles. The molecule has 1 aromatic carbocycles. The Balaban J connectivity index is 1.63.